The summed E-state index contributed by atoms with van der Waals surface area (Å²) < 4.78 is 10.6. The maximum Gasteiger partial charge on any atom is 0.126 e. The number of hydrogen-bond donors (Lipinski definition) is 0. The maximum absolute atomic E-state index is 5.30. The minimum Gasteiger partial charge on any atom is -0.362 e. The number of methoxy groups -OCH3 is 2. The summed E-state index contributed by atoms with van der Waals surface area (Å²) in [5.74, 6) is 0. The van der Waals surface area contributed by atoms with Gasteiger partial charge in [0, 0.05) is 39.7 Å². The van der Waals surface area contributed by atoms with Crippen LogP contribution in [0.5, 0.6) is 0 Å². The van der Waals surface area contributed by atoms with Crippen LogP contribution < -0.4 is 9.80 Å². The van der Waals surface area contributed by atoms with E-state index in [0.29, 0.717) is 0 Å². The van der Waals surface area contributed by atoms with Crippen LogP contribution in [0.1, 0.15) is 13.8 Å². The fourth-order valence-electron chi connectivity index (χ4n) is 1.66. The van der Waals surface area contributed by atoms with Crippen LogP contribution in [0.25, 0.3) is 0 Å². The minimum absolute atomic E-state index is 0.0616. The average molecular weight is 252 g/mol. The van der Waals surface area contributed by atoms with Crippen molar-refractivity contribution in [3.63, 3.8) is 0 Å². The lowest BCUT2D eigenvalue weighted by molar-refractivity contribution is 0.118. The number of rotatable bonds is 6. The zero-order valence-corrected chi connectivity index (χ0v) is 12.2. The largest absolute Gasteiger partial charge is 0.362 e. The Labute approximate surface area is 110 Å². The summed E-state index contributed by atoms with van der Waals surface area (Å²) in [6.07, 6.45) is 0.123. The lowest BCUT2D eigenvalue weighted by atomic mass is 10.2. The third-order valence-corrected chi connectivity index (χ3v) is 3.44. The van der Waals surface area contributed by atoms with E-state index < -0.39 is 0 Å². The third kappa shape index (κ3) is 3.37. The molecule has 0 spiro atoms. The molecule has 0 heterocycles. The van der Waals surface area contributed by atoms with Crippen LogP contribution in [0, 0.1) is 0 Å². The molecule has 0 radical (unpaired) electrons. The molecule has 2 unspecified atom stereocenters. The molecule has 0 aromatic heterocycles. The fourth-order valence-corrected chi connectivity index (χ4v) is 1.66. The molecule has 0 aliphatic carbocycles. The van der Waals surface area contributed by atoms with E-state index in [2.05, 4.69) is 34.1 Å². The van der Waals surface area contributed by atoms with Crippen LogP contribution in [0.3, 0.4) is 0 Å². The Morgan fingerprint density at radius 1 is 0.778 bits per heavy atom. The Balaban J connectivity index is 2.79. The van der Waals surface area contributed by atoms with Crippen LogP contribution in [0.2, 0.25) is 0 Å². The van der Waals surface area contributed by atoms with Gasteiger partial charge in [-0.3, -0.25) is 0 Å². The molecule has 0 N–H and O–H groups in total. The summed E-state index contributed by atoms with van der Waals surface area (Å²) in [6.45, 7) is 4.04. The van der Waals surface area contributed by atoms with Gasteiger partial charge in [-0.15, -0.1) is 0 Å². The zero-order valence-electron chi connectivity index (χ0n) is 12.2. The van der Waals surface area contributed by atoms with Gasteiger partial charge >= 0.3 is 0 Å². The monoisotopic (exact) mass is 252 g/mol. The highest BCUT2D eigenvalue weighted by Gasteiger charge is 2.11. The van der Waals surface area contributed by atoms with Crippen molar-refractivity contribution in [2.75, 3.05) is 38.1 Å². The van der Waals surface area contributed by atoms with Crippen LogP contribution in [-0.2, 0) is 9.47 Å². The fraction of sp³-hybridized carbons (Fsp3) is 0.571. The second-order valence-corrected chi connectivity index (χ2v) is 4.41. The molecule has 0 saturated carbocycles. The first-order chi connectivity index (χ1) is 8.51. The average Bonchev–Trinajstić information content (AvgIpc) is 2.44. The van der Waals surface area contributed by atoms with Crippen molar-refractivity contribution in [2.45, 2.75) is 26.3 Å². The summed E-state index contributed by atoms with van der Waals surface area (Å²) in [6, 6.07) is 8.35. The van der Waals surface area contributed by atoms with E-state index in [0.717, 1.165) is 11.4 Å². The Morgan fingerprint density at radius 3 is 1.28 bits per heavy atom. The second-order valence-electron chi connectivity index (χ2n) is 4.41. The first-order valence-corrected chi connectivity index (χ1v) is 6.12. The van der Waals surface area contributed by atoms with Crippen LogP contribution in [-0.4, -0.2) is 40.8 Å². The van der Waals surface area contributed by atoms with Crippen molar-refractivity contribution in [3.8, 4) is 0 Å². The molecule has 0 aliphatic heterocycles. The van der Waals surface area contributed by atoms with E-state index in [4.69, 9.17) is 9.47 Å². The molecular weight excluding hydrogens is 228 g/mol. The first kappa shape index (κ1) is 14.8. The standard InChI is InChI=1S/C14H24N2O2/c1-11(17-5)15(3)13-7-9-14(10-8-13)16(4)12(2)18-6/h7-12H,1-6H3. The van der Waals surface area contributed by atoms with Gasteiger partial charge in [-0.25, -0.2) is 0 Å². The van der Waals surface area contributed by atoms with Crippen molar-refractivity contribution >= 4 is 11.4 Å². The number of ether oxygens (including phenoxy) is 2. The zero-order chi connectivity index (χ0) is 13.7. The van der Waals surface area contributed by atoms with E-state index in [1.54, 1.807) is 14.2 Å². The molecule has 0 saturated heterocycles. The predicted octanol–water partition coefficient (Wildman–Crippen LogP) is 2.54. The summed E-state index contributed by atoms with van der Waals surface area (Å²) >= 11 is 0. The molecule has 1 rings (SSSR count). The van der Waals surface area contributed by atoms with Crippen LogP contribution in [0.15, 0.2) is 24.3 Å². The Bertz CT molecular complexity index is 318. The second kappa shape index (κ2) is 6.61. The maximum atomic E-state index is 5.30. The molecule has 4 heteroatoms. The van der Waals surface area contributed by atoms with Crippen molar-refractivity contribution in [1.29, 1.82) is 0 Å². The lowest BCUT2D eigenvalue weighted by Crippen LogP contribution is -2.31. The van der Waals surface area contributed by atoms with E-state index in [-0.39, 0.29) is 12.5 Å². The van der Waals surface area contributed by atoms with Crippen LogP contribution in [0.4, 0.5) is 11.4 Å². The van der Waals surface area contributed by atoms with Crippen LogP contribution >= 0.6 is 0 Å². The van der Waals surface area contributed by atoms with Gasteiger partial charge in [-0.2, -0.15) is 0 Å². The van der Waals surface area contributed by atoms with Gasteiger partial charge in [-0.1, -0.05) is 0 Å². The van der Waals surface area contributed by atoms with Crippen molar-refractivity contribution in [1.82, 2.24) is 0 Å². The van der Waals surface area contributed by atoms with Gasteiger partial charge in [0.1, 0.15) is 12.5 Å². The molecule has 0 amide bonds. The molecule has 0 fully saturated rings. The Hall–Kier alpha value is -1.26. The highest BCUT2D eigenvalue weighted by Crippen LogP contribution is 2.22. The molecular formula is C14H24N2O2. The van der Waals surface area contributed by atoms with E-state index in [1.165, 1.54) is 0 Å². The normalized spacial score (nSPS) is 14.1. The number of anilines is 2. The van der Waals surface area contributed by atoms with Crippen molar-refractivity contribution in [2.24, 2.45) is 0 Å². The van der Waals surface area contributed by atoms with Gasteiger partial charge in [0.25, 0.3) is 0 Å². The first-order valence-electron chi connectivity index (χ1n) is 6.12. The van der Waals surface area contributed by atoms with Gasteiger partial charge in [0.05, 0.1) is 0 Å². The summed E-state index contributed by atoms with van der Waals surface area (Å²) in [4.78, 5) is 4.17. The Kier molecular flexibility index (Phi) is 5.44. The molecule has 102 valence electrons. The quantitative estimate of drug-likeness (QED) is 0.726. The highest BCUT2D eigenvalue weighted by atomic mass is 16.5. The lowest BCUT2D eigenvalue weighted by Gasteiger charge is -2.28. The van der Waals surface area contributed by atoms with Gasteiger partial charge in [0.15, 0.2) is 0 Å². The number of nitrogens with zero attached hydrogens (tertiary/aromatic N) is 2. The molecule has 1 aromatic carbocycles. The Morgan fingerprint density at radius 2 is 1.06 bits per heavy atom. The molecule has 4 nitrogen and oxygen atoms in total. The van der Waals surface area contributed by atoms with E-state index in [9.17, 15) is 0 Å². The molecule has 0 aliphatic rings. The summed E-state index contributed by atoms with van der Waals surface area (Å²) in [5, 5.41) is 0. The van der Waals surface area contributed by atoms with E-state index >= 15 is 0 Å². The molecule has 0 bridgehead atoms. The summed E-state index contributed by atoms with van der Waals surface area (Å²) in [7, 11) is 7.46. The number of benzene rings is 1. The van der Waals surface area contributed by atoms with Crippen molar-refractivity contribution in [3.05, 3.63) is 24.3 Å². The highest BCUT2D eigenvalue weighted by molar-refractivity contribution is 5.56. The van der Waals surface area contributed by atoms with E-state index in [1.807, 2.05) is 27.9 Å². The summed E-state index contributed by atoms with van der Waals surface area (Å²) in [5.41, 5.74) is 2.26. The molecule has 2 atom stereocenters. The minimum atomic E-state index is 0.0616. The molecule has 1 aromatic rings. The van der Waals surface area contributed by atoms with Gasteiger partial charge in [-0.05, 0) is 38.1 Å². The number of hydrogen-bond acceptors (Lipinski definition) is 4. The third-order valence-electron chi connectivity index (χ3n) is 3.44. The van der Waals surface area contributed by atoms with Crippen molar-refractivity contribution < 1.29 is 9.47 Å². The van der Waals surface area contributed by atoms with Gasteiger partial charge in [0.2, 0.25) is 0 Å². The topological polar surface area (TPSA) is 24.9 Å². The SMILES string of the molecule is COC(C)N(C)c1ccc(N(C)C(C)OC)cc1. The molecule has 18 heavy (non-hydrogen) atoms. The predicted molar refractivity (Wildman–Crippen MR) is 76.2 cm³/mol. The smallest absolute Gasteiger partial charge is 0.126 e. The van der Waals surface area contributed by atoms with Gasteiger partial charge < -0.3 is 19.3 Å².